The van der Waals surface area contributed by atoms with Crippen LogP contribution in [0.25, 0.3) is 0 Å². The first-order valence-corrected chi connectivity index (χ1v) is 6.01. The summed E-state index contributed by atoms with van der Waals surface area (Å²) in [6.07, 6.45) is 5.76. The Morgan fingerprint density at radius 2 is 2.19 bits per heavy atom. The highest BCUT2D eigenvalue weighted by Gasteiger charge is 2.51. The van der Waals surface area contributed by atoms with Gasteiger partial charge in [-0.15, -0.1) is 6.58 Å². The third-order valence-corrected chi connectivity index (χ3v) is 4.31. The van der Waals surface area contributed by atoms with Crippen LogP contribution in [0, 0.1) is 5.41 Å². The zero-order valence-electron chi connectivity index (χ0n) is 9.41. The van der Waals surface area contributed by atoms with E-state index in [2.05, 4.69) is 30.8 Å². The second-order valence-electron chi connectivity index (χ2n) is 5.02. The highest BCUT2D eigenvalue weighted by atomic mass is 16.1. The summed E-state index contributed by atoms with van der Waals surface area (Å²) in [5, 5.41) is 0. The molecule has 82 valence electrons. The molecule has 1 heteroatoms. The highest BCUT2D eigenvalue weighted by Crippen LogP contribution is 2.54. The molecule has 16 heavy (non-hydrogen) atoms. The quantitative estimate of drug-likeness (QED) is 0.653. The van der Waals surface area contributed by atoms with Crippen LogP contribution in [0.5, 0.6) is 0 Å². The van der Waals surface area contributed by atoms with E-state index in [-0.39, 0.29) is 11.3 Å². The molecule has 1 spiro atoms. The molecule has 1 saturated carbocycles. The minimum absolute atomic E-state index is 0.133. The zero-order valence-corrected chi connectivity index (χ0v) is 9.41. The van der Waals surface area contributed by atoms with Gasteiger partial charge >= 0.3 is 0 Å². The number of benzene rings is 1. The van der Waals surface area contributed by atoms with Crippen LogP contribution in [0.15, 0.2) is 36.9 Å². The van der Waals surface area contributed by atoms with Crippen molar-refractivity contribution < 1.29 is 4.79 Å². The Morgan fingerprint density at radius 1 is 1.38 bits per heavy atom. The summed E-state index contributed by atoms with van der Waals surface area (Å²) in [7, 11) is 0. The summed E-state index contributed by atoms with van der Waals surface area (Å²) in [5.41, 5.74) is 2.54. The number of Topliss-reactive ketones (excluding diaryl/α,β-unsaturated/α-hetero) is 1. The largest absolute Gasteiger partial charge is 0.299 e. The molecule has 0 heterocycles. The van der Waals surface area contributed by atoms with E-state index >= 15 is 0 Å². The van der Waals surface area contributed by atoms with Gasteiger partial charge in [0.15, 0.2) is 0 Å². The molecule has 1 nitrogen and oxygen atoms in total. The van der Waals surface area contributed by atoms with E-state index in [0.717, 1.165) is 25.7 Å². The van der Waals surface area contributed by atoms with Crippen LogP contribution < -0.4 is 0 Å². The van der Waals surface area contributed by atoms with Gasteiger partial charge < -0.3 is 0 Å². The van der Waals surface area contributed by atoms with Crippen molar-refractivity contribution in [2.45, 2.75) is 31.6 Å². The third-order valence-electron chi connectivity index (χ3n) is 4.31. The van der Waals surface area contributed by atoms with Crippen LogP contribution >= 0.6 is 0 Å². The number of fused-ring (bicyclic) bond motifs is 1. The molecule has 2 atom stereocenters. The first-order valence-electron chi connectivity index (χ1n) is 6.01. The van der Waals surface area contributed by atoms with Crippen molar-refractivity contribution in [2.24, 2.45) is 5.41 Å². The normalized spacial score (nSPS) is 32.0. The fourth-order valence-electron chi connectivity index (χ4n) is 3.57. The van der Waals surface area contributed by atoms with E-state index in [4.69, 9.17) is 0 Å². The molecule has 0 bridgehead atoms. The van der Waals surface area contributed by atoms with Gasteiger partial charge in [0.25, 0.3) is 0 Å². The molecule has 2 aliphatic rings. The topological polar surface area (TPSA) is 17.1 Å². The van der Waals surface area contributed by atoms with E-state index < -0.39 is 0 Å². The van der Waals surface area contributed by atoms with E-state index in [0.29, 0.717) is 5.78 Å². The van der Waals surface area contributed by atoms with E-state index in [1.807, 2.05) is 6.08 Å². The summed E-state index contributed by atoms with van der Waals surface area (Å²) < 4.78 is 0. The third kappa shape index (κ3) is 1.09. The molecular weight excluding hydrogens is 196 g/mol. The Kier molecular flexibility index (Phi) is 2.03. The highest BCUT2D eigenvalue weighted by molar-refractivity contribution is 5.89. The van der Waals surface area contributed by atoms with Gasteiger partial charge in [-0.1, -0.05) is 30.3 Å². The Labute approximate surface area is 96.2 Å². The average molecular weight is 212 g/mol. The lowest BCUT2D eigenvalue weighted by molar-refractivity contribution is -0.125. The van der Waals surface area contributed by atoms with E-state index in [9.17, 15) is 4.79 Å². The number of ketones is 1. The Balaban J connectivity index is 2.13. The van der Waals surface area contributed by atoms with Gasteiger partial charge in [0, 0.05) is 17.8 Å². The molecule has 0 radical (unpaired) electrons. The molecule has 0 N–H and O–H groups in total. The molecule has 1 aromatic carbocycles. The molecule has 0 aromatic heterocycles. The molecule has 0 amide bonds. The molecule has 2 aliphatic carbocycles. The molecule has 1 aromatic rings. The predicted octanol–water partition coefficient (Wildman–Crippen LogP) is 3.25. The fraction of sp³-hybridized carbons (Fsp3) is 0.400. The lowest BCUT2D eigenvalue weighted by Crippen LogP contribution is -2.29. The lowest BCUT2D eigenvalue weighted by atomic mass is 9.74. The molecular formula is C15H16O. The van der Waals surface area contributed by atoms with Crippen LogP contribution in [-0.2, 0) is 11.2 Å². The second-order valence-corrected chi connectivity index (χ2v) is 5.02. The van der Waals surface area contributed by atoms with Crippen molar-refractivity contribution in [3.63, 3.8) is 0 Å². The van der Waals surface area contributed by atoms with E-state index in [1.165, 1.54) is 11.1 Å². The number of allylic oxidation sites excluding steroid dienone is 1. The Hall–Kier alpha value is -1.37. The van der Waals surface area contributed by atoms with Crippen molar-refractivity contribution in [3.05, 3.63) is 48.0 Å². The maximum Gasteiger partial charge on any atom is 0.140 e. The van der Waals surface area contributed by atoms with Gasteiger partial charge in [-0.25, -0.2) is 0 Å². The van der Waals surface area contributed by atoms with Crippen molar-refractivity contribution >= 4 is 5.78 Å². The van der Waals surface area contributed by atoms with Crippen molar-refractivity contribution in [2.75, 3.05) is 0 Å². The standard InChI is InChI=1S/C15H16O/c1-2-13-12-7-4-3-6-11(12)10-15(13)9-5-8-14(15)16/h2-4,6-7,13H,1,5,8-10H2/t13-,15-/m1/s1. The first-order chi connectivity index (χ1) is 7.78. The van der Waals surface area contributed by atoms with Gasteiger partial charge in [0.05, 0.1) is 0 Å². The Morgan fingerprint density at radius 3 is 2.88 bits per heavy atom. The Bertz CT molecular complexity index is 460. The monoisotopic (exact) mass is 212 g/mol. The van der Waals surface area contributed by atoms with Gasteiger partial charge in [-0.2, -0.15) is 0 Å². The SMILES string of the molecule is C=C[C@@H]1c2ccccc2C[C@]12CCCC2=O. The molecule has 0 aliphatic heterocycles. The number of hydrogen-bond donors (Lipinski definition) is 0. The van der Waals surface area contributed by atoms with Crippen LogP contribution in [0.2, 0.25) is 0 Å². The molecule has 0 saturated heterocycles. The predicted molar refractivity (Wildman–Crippen MR) is 64.4 cm³/mol. The zero-order chi connectivity index (χ0) is 11.2. The smallest absolute Gasteiger partial charge is 0.140 e. The summed E-state index contributed by atoms with van der Waals surface area (Å²) in [4.78, 5) is 12.2. The van der Waals surface area contributed by atoms with Crippen LogP contribution in [0.4, 0.5) is 0 Å². The van der Waals surface area contributed by atoms with Gasteiger partial charge in [-0.3, -0.25) is 4.79 Å². The van der Waals surface area contributed by atoms with E-state index in [1.54, 1.807) is 0 Å². The van der Waals surface area contributed by atoms with Gasteiger partial charge in [-0.05, 0) is 30.4 Å². The number of hydrogen-bond acceptors (Lipinski definition) is 1. The van der Waals surface area contributed by atoms with Crippen LogP contribution in [0.3, 0.4) is 0 Å². The second kappa shape index (κ2) is 3.31. The minimum Gasteiger partial charge on any atom is -0.299 e. The van der Waals surface area contributed by atoms with Gasteiger partial charge in [0.2, 0.25) is 0 Å². The van der Waals surface area contributed by atoms with Crippen molar-refractivity contribution in [3.8, 4) is 0 Å². The maximum atomic E-state index is 12.2. The van der Waals surface area contributed by atoms with Crippen LogP contribution in [-0.4, -0.2) is 5.78 Å². The molecule has 1 fully saturated rings. The lowest BCUT2D eigenvalue weighted by Gasteiger charge is -2.27. The first kappa shape index (κ1) is 9.83. The fourth-order valence-corrected chi connectivity index (χ4v) is 3.57. The number of carbonyl (C=O) groups excluding carboxylic acids is 1. The molecule has 3 rings (SSSR count). The van der Waals surface area contributed by atoms with Crippen LogP contribution in [0.1, 0.15) is 36.3 Å². The number of carbonyl (C=O) groups is 1. The summed E-state index contributed by atoms with van der Waals surface area (Å²) in [6.45, 7) is 3.94. The number of rotatable bonds is 1. The minimum atomic E-state index is -0.133. The maximum absolute atomic E-state index is 12.2. The summed E-state index contributed by atoms with van der Waals surface area (Å²) in [6, 6.07) is 8.44. The average Bonchev–Trinajstić information content (AvgIpc) is 2.81. The van der Waals surface area contributed by atoms with Crippen molar-refractivity contribution in [1.29, 1.82) is 0 Å². The summed E-state index contributed by atoms with van der Waals surface area (Å²) in [5.74, 6) is 0.701. The van der Waals surface area contributed by atoms with Crippen molar-refractivity contribution in [1.82, 2.24) is 0 Å². The summed E-state index contributed by atoms with van der Waals surface area (Å²) >= 11 is 0. The van der Waals surface area contributed by atoms with Gasteiger partial charge in [0.1, 0.15) is 5.78 Å². The molecule has 0 unspecified atom stereocenters.